The summed E-state index contributed by atoms with van der Waals surface area (Å²) >= 11 is 0. The van der Waals surface area contributed by atoms with Gasteiger partial charge < -0.3 is 0 Å². The summed E-state index contributed by atoms with van der Waals surface area (Å²) in [6.45, 7) is 2.28. The Morgan fingerprint density at radius 3 is 2.08 bits per heavy atom. The molecule has 0 unspecified atom stereocenters. The Hall–Kier alpha value is -1.56. The maximum absolute atomic E-state index is 2.40. The molecular formula is C25H36. The number of aryl methyl sites for hydroxylation is 1. The number of rotatable bonds is 13. The number of hydrogen-bond donors (Lipinski definition) is 0. The van der Waals surface area contributed by atoms with E-state index in [-0.39, 0.29) is 0 Å². The fraction of sp³-hybridized carbons (Fsp3) is 0.520. The molecule has 0 heterocycles. The quantitative estimate of drug-likeness (QED) is 0.255. The first-order chi connectivity index (χ1) is 12.4. The Bertz CT molecular complexity index is 603. The molecule has 0 saturated carbocycles. The largest absolute Gasteiger partial charge is 0.0885 e. The third-order valence-electron chi connectivity index (χ3n) is 5.09. The van der Waals surface area contributed by atoms with E-state index < -0.39 is 0 Å². The van der Waals surface area contributed by atoms with Crippen molar-refractivity contribution < 1.29 is 0 Å². The Kier molecular flexibility index (Phi) is 10.1. The minimum atomic E-state index is 1.22. The molecule has 2 rings (SSSR count). The monoisotopic (exact) mass is 336 g/mol. The van der Waals surface area contributed by atoms with Gasteiger partial charge in [-0.2, -0.15) is 0 Å². The summed E-state index contributed by atoms with van der Waals surface area (Å²) in [6, 6.07) is 15.5. The summed E-state index contributed by atoms with van der Waals surface area (Å²) in [7, 11) is 0. The van der Waals surface area contributed by atoms with Crippen molar-refractivity contribution >= 4 is 10.8 Å². The van der Waals surface area contributed by atoms with Gasteiger partial charge in [-0.15, -0.1) is 0 Å². The van der Waals surface area contributed by atoms with Crippen LogP contribution in [0.25, 0.3) is 10.8 Å². The van der Waals surface area contributed by atoms with Crippen LogP contribution >= 0.6 is 0 Å². The van der Waals surface area contributed by atoms with Crippen LogP contribution in [0.3, 0.4) is 0 Å². The second-order valence-corrected chi connectivity index (χ2v) is 7.27. The fourth-order valence-electron chi connectivity index (χ4n) is 3.54. The number of allylic oxidation sites excluding steroid dienone is 2. The van der Waals surface area contributed by atoms with Gasteiger partial charge in [0, 0.05) is 0 Å². The summed E-state index contributed by atoms with van der Waals surface area (Å²) in [5.74, 6) is 0. The van der Waals surface area contributed by atoms with Crippen LogP contribution in [0.1, 0.15) is 83.1 Å². The molecule has 0 aliphatic carbocycles. The van der Waals surface area contributed by atoms with Crippen molar-refractivity contribution in [3.05, 3.63) is 60.2 Å². The molecule has 0 spiro atoms. The summed E-state index contributed by atoms with van der Waals surface area (Å²) < 4.78 is 0. The van der Waals surface area contributed by atoms with Crippen molar-refractivity contribution in [1.82, 2.24) is 0 Å². The predicted molar refractivity (Wildman–Crippen MR) is 113 cm³/mol. The minimum absolute atomic E-state index is 1.22. The first-order valence-corrected chi connectivity index (χ1v) is 10.5. The molecule has 136 valence electrons. The second kappa shape index (κ2) is 12.8. The van der Waals surface area contributed by atoms with Crippen LogP contribution in [0.15, 0.2) is 54.6 Å². The molecule has 0 bridgehead atoms. The van der Waals surface area contributed by atoms with E-state index in [0.29, 0.717) is 0 Å². The normalized spacial score (nSPS) is 11.6. The van der Waals surface area contributed by atoms with Crippen LogP contribution in [0.5, 0.6) is 0 Å². The lowest BCUT2D eigenvalue weighted by atomic mass is 9.99. The molecule has 0 N–H and O–H groups in total. The second-order valence-electron chi connectivity index (χ2n) is 7.27. The maximum Gasteiger partial charge on any atom is -0.0152 e. The Morgan fingerprint density at radius 2 is 1.28 bits per heavy atom. The van der Waals surface area contributed by atoms with Gasteiger partial charge in [-0.05, 0) is 54.9 Å². The van der Waals surface area contributed by atoms with Crippen LogP contribution in [-0.2, 0) is 6.42 Å². The van der Waals surface area contributed by atoms with Gasteiger partial charge in [-0.1, -0.05) is 100 Å². The zero-order valence-electron chi connectivity index (χ0n) is 16.2. The van der Waals surface area contributed by atoms with E-state index in [2.05, 4.69) is 61.5 Å². The van der Waals surface area contributed by atoms with Crippen LogP contribution in [0.2, 0.25) is 0 Å². The first-order valence-electron chi connectivity index (χ1n) is 10.5. The maximum atomic E-state index is 2.40. The molecule has 2 aromatic carbocycles. The molecule has 0 atom stereocenters. The van der Waals surface area contributed by atoms with Crippen LogP contribution < -0.4 is 0 Å². The average molecular weight is 337 g/mol. The lowest BCUT2D eigenvalue weighted by Crippen LogP contribution is -1.88. The average Bonchev–Trinajstić information content (AvgIpc) is 2.65. The molecule has 0 heteroatoms. The summed E-state index contributed by atoms with van der Waals surface area (Å²) in [5, 5.41) is 2.82. The lowest BCUT2D eigenvalue weighted by molar-refractivity contribution is 0.617. The van der Waals surface area contributed by atoms with Crippen LogP contribution in [-0.4, -0.2) is 0 Å². The minimum Gasteiger partial charge on any atom is -0.0885 e. The number of hydrogen-bond acceptors (Lipinski definition) is 0. The molecule has 0 fully saturated rings. The van der Waals surface area contributed by atoms with E-state index in [1.165, 1.54) is 93.4 Å². The number of benzene rings is 2. The van der Waals surface area contributed by atoms with Gasteiger partial charge in [0.25, 0.3) is 0 Å². The van der Waals surface area contributed by atoms with Crippen molar-refractivity contribution in [2.45, 2.75) is 84.0 Å². The van der Waals surface area contributed by atoms with Crippen molar-refractivity contribution in [3.8, 4) is 0 Å². The molecule has 2 aromatic rings. The molecule has 0 aliphatic rings. The summed E-state index contributed by atoms with van der Waals surface area (Å²) in [6.07, 6.45) is 20.9. The molecule has 0 aliphatic heterocycles. The van der Waals surface area contributed by atoms with Crippen molar-refractivity contribution in [3.63, 3.8) is 0 Å². The van der Waals surface area contributed by atoms with E-state index in [9.17, 15) is 0 Å². The molecule has 0 radical (unpaired) electrons. The zero-order valence-corrected chi connectivity index (χ0v) is 16.2. The van der Waals surface area contributed by atoms with E-state index in [4.69, 9.17) is 0 Å². The summed E-state index contributed by atoms with van der Waals surface area (Å²) in [4.78, 5) is 0. The van der Waals surface area contributed by atoms with Gasteiger partial charge in [0.2, 0.25) is 0 Å². The van der Waals surface area contributed by atoms with E-state index in [1.54, 1.807) is 0 Å². The topological polar surface area (TPSA) is 0 Å². The smallest absolute Gasteiger partial charge is 0.0152 e. The van der Waals surface area contributed by atoms with Crippen LogP contribution in [0.4, 0.5) is 0 Å². The highest BCUT2D eigenvalue weighted by Gasteiger charge is 2.00. The summed E-state index contributed by atoms with van der Waals surface area (Å²) in [5.41, 5.74) is 1.52. The van der Waals surface area contributed by atoms with Gasteiger partial charge in [-0.3, -0.25) is 0 Å². The lowest BCUT2D eigenvalue weighted by Gasteiger charge is -2.06. The Morgan fingerprint density at radius 1 is 0.640 bits per heavy atom. The standard InChI is InChI=1S/C25H36/c1-2-3-4-5-6-7-8-9-10-11-12-13-14-18-23-20-17-21-24-19-15-16-22-25(23)24/h7-8,15-17,19-22H,2-6,9-14,18H2,1H3/b8-7+. The van der Waals surface area contributed by atoms with Crippen molar-refractivity contribution in [1.29, 1.82) is 0 Å². The van der Waals surface area contributed by atoms with E-state index in [1.807, 2.05) is 0 Å². The molecule has 0 amide bonds. The molecule has 0 aromatic heterocycles. The van der Waals surface area contributed by atoms with Gasteiger partial charge in [-0.25, -0.2) is 0 Å². The van der Waals surface area contributed by atoms with E-state index >= 15 is 0 Å². The highest BCUT2D eigenvalue weighted by molar-refractivity contribution is 5.85. The number of unbranched alkanes of at least 4 members (excludes halogenated alkanes) is 9. The third kappa shape index (κ3) is 7.90. The van der Waals surface area contributed by atoms with Crippen molar-refractivity contribution in [2.24, 2.45) is 0 Å². The first kappa shape index (κ1) is 19.8. The van der Waals surface area contributed by atoms with E-state index in [0.717, 1.165) is 0 Å². The zero-order chi connectivity index (χ0) is 17.6. The molecular weight excluding hydrogens is 300 g/mol. The number of fused-ring (bicyclic) bond motifs is 1. The van der Waals surface area contributed by atoms with Gasteiger partial charge >= 0.3 is 0 Å². The van der Waals surface area contributed by atoms with Gasteiger partial charge in [0.15, 0.2) is 0 Å². The Balaban J connectivity index is 1.50. The van der Waals surface area contributed by atoms with Crippen molar-refractivity contribution in [2.75, 3.05) is 0 Å². The highest BCUT2D eigenvalue weighted by atomic mass is 14.0. The third-order valence-corrected chi connectivity index (χ3v) is 5.09. The van der Waals surface area contributed by atoms with Crippen LogP contribution in [0, 0.1) is 0 Å². The predicted octanol–water partition coefficient (Wildman–Crippen LogP) is 8.25. The highest BCUT2D eigenvalue weighted by Crippen LogP contribution is 2.20. The fourth-order valence-corrected chi connectivity index (χ4v) is 3.54. The molecule has 0 saturated heterocycles. The molecule has 25 heavy (non-hydrogen) atoms. The SMILES string of the molecule is CCCCCC/C=C/CCCCCCCc1cccc2ccccc12. The molecule has 0 nitrogen and oxygen atoms in total. The van der Waals surface area contributed by atoms with Gasteiger partial charge in [0.05, 0.1) is 0 Å². The Labute approximate surface area is 155 Å². The van der Waals surface area contributed by atoms with Gasteiger partial charge in [0.1, 0.15) is 0 Å².